The third kappa shape index (κ3) is 5.36. The molecule has 0 saturated carbocycles. The minimum absolute atomic E-state index is 0.356. The first-order valence-corrected chi connectivity index (χ1v) is 6.87. The molecule has 0 radical (unpaired) electrons. The standard InChI is InChI=1S/C12H16O3Si/c1-2-12(13)14-9-6-10-16-15-11-7-4-3-5-8-11/h2-5,7-8H,1,6,9-10,16H2. The second kappa shape index (κ2) is 7.70. The summed E-state index contributed by atoms with van der Waals surface area (Å²) in [6, 6.07) is 10.8. The van der Waals surface area contributed by atoms with Crippen molar-refractivity contribution in [2.24, 2.45) is 0 Å². The van der Waals surface area contributed by atoms with Crippen molar-refractivity contribution in [1.29, 1.82) is 0 Å². The van der Waals surface area contributed by atoms with Crippen LogP contribution in [0.5, 0.6) is 5.75 Å². The van der Waals surface area contributed by atoms with Crippen molar-refractivity contribution in [3.05, 3.63) is 43.0 Å². The van der Waals surface area contributed by atoms with E-state index >= 15 is 0 Å². The van der Waals surface area contributed by atoms with Gasteiger partial charge < -0.3 is 9.16 Å². The average molecular weight is 236 g/mol. The van der Waals surface area contributed by atoms with Gasteiger partial charge in [0.25, 0.3) is 0 Å². The van der Waals surface area contributed by atoms with Crippen LogP contribution in [0.4, 0.5) is 0 Å². The molecule has 0 heterocycles. The maximum absolute atomic E-state index is 10.7. The maximum Gasteiger partial charge on any atom is 0.330 e. The number of ether oxygens (including phenoxy) is 1. The lowest BCUT2D eigenvalue weighted by Crippen LogP contribution is -2.06. The summed E-state index contributed by atoms with van der Waals surface area (Å²) in [5, 5.41) is 0. The fourth-order valence-electron chi connectivity index (χ4n) is 1.14. The summed E-state index contributed by atoms with van der Waals surface area (Å²) in [4.78, 5) is 10.7. The van der Waals surface area contributed by atoms with Gasteiger partial charge >= 0.3 is 5.97 Å². The third-order valence-corrected chi connectivity index (χ3v) is 3.29. The van der Waals surface area contributed by atoms with Crippen LogP contribution in [0.1, 0.15) is 6.42 Å². The van der Waals surface area contributed by atoms with Gasteiger partial charge in [-0.3, -0.25) is 0 Å². The number of para-hydroxylation sites is 1. The van der Waals surface area contributed by atoms with Crippen molar-refractivity contribution in [2.75, 3.05) is 6.61 Å². The van der Waals surface area contributed by atoms with Crippen molar-refractivity contribution in [1.82, 2.24) is 0 Å². The minimum Gasteiger partial charge on any atom is -0.549 e. The molecule has 0 atom stereocenters. The topological polar surface area (TPSA) is 35.5 Å². The Kier molecular flexibility index (Phi) is 6.02. The van der Waals surface area contributed by atoms with Gasteiger partial charge in [-0.15, -0.1) is 0 Å². The number of carbonyl (C=O) groups excluding carboxylic acids is 1. The summed E-state index contributed by atoms with van der Waals surface area (Å²) in [7, 11) is -0.555. The van der Waals surface area contributed by atoms with E-state index < -0.39 is 9.76 Å². The largest absolute Gasteiger partial charge is 0.549 e. The highest BCUT2D eigenvalue weighted by Gasteiger charge is 1.96. The molecule has 0 saturated heterocycles. The van der Waals surface area contributed by atoms with E-state index in [9.17, 15) is 4.79 Å². The molecule has 0 bridgehead atoms. The summed E-state index contributed by atoms with van der Waals surface area (Å²) in [5.41, 5.74) is 0. The highest BCUT2D eigenvalue weighted by Crippen LogP contribution is 2.08. The Balaban J connectivity index is 2.00. The first-order valence-electron chi connectivity index (χ1n) is 5.30. The van der Waals surface area contributed by atoms with E-state index in [4.69, 9.17) is 9.16 Å². The maximum atomic E-state index is 10.7. The smallest absolute Gasteiger partial charge is 0.330 e. The van der Waals surface area contributed by atoms with Crippen LogP contribution in [-0.4, -0.2) is 22.3 Å². The second-order valence-corrected chi connectivity index (χ2v) is 4.64. The molecule has 1 aromatic carbocycles. The van der Waals surface area contributed by atoms with Crippen molar-refractivity contribution >= 4 is 15.7 Å². The van der Waals surface area contributed by atoms with Gasteiger partial charge in [0.05, 0.1) is 6.61 Å². The molecule has 1 rings (SSSR count). The van der Waals surface area contributed by atoms with Crippen LogP contribution in [-0.2, 0) is 9.53 Å². The summed E-state index contributed by atoms with van der Waals surface area (Å²) in [6.07, 6.45) is 2.04. The van der Waals surface area contributed by atoms with Crippen molar-refractivity contribution in [3.8, 4) is 5.75 Å². The molecule has 0 aliphatic heterocycles. The van der Waals surface area contributed by atoms with Gasteiger partial charge in [-0.1, -0.05) is 24.8 Å². The van der Waals surface area contributed by atoms with Gasteiger partial charge in [-0.05, 0) is 24.6 Å². The van der Waals surface area contributed by atoms with Gasteiger partial charge in [0.2, 0.25) is 9.76 Å². The quantitative estimate of drug-likeness (QED) is 0.313. The van der Waals surface area contributed by atoms with E-state index in [1.54, 1.807) is 0 Å². The van der Waals surface area contributed by atoms with Crippen LogP contribution in [0.15, 0.2) is 43.0 Å². The molecule has 1 aromatic rings. The zero-order chi connectivity index (χ0) is 11.6. The summed E-state index contributed by atoms with van der Waals surface area (Å²) in [5.74, 6) is 0.572. The highest BCUT2D eigenvalue weighted by molar-refractivity contribution is 6.28. The van der Waals surface area contributed by atoms with E-state index in [1.807, 2.05) is 30.3 Å². The second-order valence-electron chi connectivity index (χ2n) is 3.24. The predicted octanol–water partition coefficient (Wildman–Crippen LogP) is 1.69. The zero-order valence-electron chi connectivity index (χ0n) is 9.22. The molecule has 4 heteroatoms. The van der Waals surface area contributed by atoms with Crippen LogP contribution < -0.4 is 4.43 Å². The highest BCUT2D eigenvalue weighted by atomic mass is 28.2. The third-order valence-electron chi connectivity index (χ3n) is 1.96. The van der Waals surface area contributed by atoms with Crippen LogP contribution in [0.2, 0.25) is 6.04 Å². The Morgan fingerprint density at radius 3 is 2.81 bits per heavy atom. The van der Waals surface area contributed by atoms with Crippen LogP contribution in [0, 0.1) is 0 Å². The molecule has 0 unspecified atom stereocenters. The Hall–Kier alpha value is -1.55. The van der Waals surface area contributed by atoms with Gasteiger partial charge in [-0.25, -0.2) is 4.79 Å². The molecule has 0 aromatic heterocycles. The fourth-order valence-corrected chi connectivity index (χ4v) is 2.12. The normalized spacial score (nSPS) is 10.2. The summed E-state index contributed by atoms with van der Waals surface area (Å²) in [6.45, 7) is 3.78. The first kappa shape index (κ1) is 12.5. The SMILES string of the molecule is C=CC(=O)OCCC[SiH2]Oc1ccccc1. The zero-order valence-corrected chi connectivity index (χ0v) is 10.6. The molecular formula is C12H16O3Si. The van der Waals surface area contributed by atoms with Crippen molar-refractivity contribution < 1.29 is 14.0 Å². The van der Waals surface area contributed by atoms with Gasteiger partial charge in [0.15, 0.2) is 0 Å². The Morgan fingerprint density at radius 2 is 2.12 bits per heavy atom. The van der Waals surface area contributed by atoms with Gasteiger partial charge in [-0.2, -0.15) is 0 Å². The Bertz CT molecular complexity index is 324. The number of hydrogen-bond donors (Lipinski definition) is 0. The van der Waals surface area contributed by atoms with Crippen molar-refractivity contribution in [2.45, 2.75) is 12.5 Å². The van der Waals surface area contributed by atoms with E-state index in [0.29, 0.717) is 6.61 Å². The fraction of sp³-hybridized carbons (Fsp3) is 0.250. The molecular weight excluding hydrogens is 220 g/mol. The lowest BCUT2D eigenvalue weighted by atomic mass is 10.3. The Morgan fingerprint density at radius 1 is 1.38 bits per heavy atom. The molecule has 0 fully saturated rings. The number of rotatable bonds is 7. The average Bonchev–Trinajstić information content (AvgIpc) is 2.34. The molecule has 16 heavy (non-hydrogen) atoms. The number of benzene rings is 1. The van der Waals surface area contributed by atoms with E-state index in [1.165, 1.54) is 6.08 Å². The van der Waals surface area contributed by atoms with Crippen LogP contribution in [0.25, 0.3) is 0 Å². The van der Waals surface area contributed by atoms with Crippen LogP contribution >= 0.6 is 0 Å². The van der Waals surface area contributed by atoms with Gasteiger partial charge in [0, 0.05) is 6.08 Å². The molecule has 0 N–H and O–H groups in total. The van der Waals surface area contributed by atoms with Crippen LogP contribution in [0.3, 0.4) is 0 Å². The monoisotopic (exact) mass is 236 g/mol. The molecule has 0 amide bonds. The summed E-state index contributed by atoms with van der Waals surface area (Å²) < 4.78 is 10.5. The summed E-state index contributed by atoms with van der Waals surface area (Å²) >= 11 is 0. The van der Waals surface area contributed by atoms with E-state index in [0.717, 1.165) is 18.2 Å². The lowest BCUT2D eigenvalue weighted by Gasteiger charge is -2.05. The molecule has 0 spiro atoms. The van der Waals surface area contributed by atoms with E-state index in [2.05, 4.69) is 6.58 Å². The molecule has 0 aliphatic rings. The molecule has 0 aliphatic carbocycles. The van der Waals surface area contributed by atoms with Crippen molar-refractivity contribution in [3.63, 3.8) is 0 Å². The first-order chi connectivity index (χ1) is 7.83. The molecule has 86 valence electrons. The minimum atomic E-state index is -0.555. The predicted molar refractivity (Wildman–Crippen MR) is 66.2 cm³/mol. The van der Waals surface area contributed by atoms with E-state index in [-0.39, 0.29) is 5.97 Å². The lowest BCUT2D eigenvalue weighted by molar-refractivity contribution is -0.137. The number of carbonyl (C=O) groups is 1. The molecule has 3 nitrogen and oxygen atoms in total. The Labute approximate surface area is 98.0 Å². The number of hydrogen-bond acceptors (Lipinski definition) is 3. The number of esters is 1. The van der Waals surface area contributed by atoms with Gasteiger partial charge in [0.1, 0.15) is 5.75 Å².